The van der Waals surface area contributed by atoms with Crippen molar-refractivity contribution in [2.45, 2.75) is 6.92 Å². The van der Waals surface area contributed by atoms with Crippen molar-refractivity contribution in [2.24, 2.45) is 0 Å². The Morgan fingerprint density at radius 3 is 2.35 bits per heavy atom. The predicted octanol–water partition coefficient (Wildman–Crippen LogP) is 0.928. The predicted molar refractivity (Wildman–Crippen MR) is 86.0 cm³/mol. The molecule has 0 aliphatic rings. The lowest BCUT2D eigenvalue weighted by atomic mass is 10.2. The average molecular weight is 324 g/mol. The van der Waals surface area contributed by atoms with Crippen LogP contribution < -0.4 is 14.8 Å². The summed E-state index contributed by atoms with van der Waals surface area (Å²) >= 11 is 0. The maximum atomic E-state index is 12.1. The summed E-state index contributed by atoms with van der Waals surface area (Å²) in [6.45, 7) is 3.24. The van der Waals surface area contributed by atoms with Crippen LogP contribution >= 0.6 is 0 Å². The topological polar surface area (TPSA) is 77.1 Å². The Balaban J connectivity index is 2.57. The molecule has 0 atom stereocenters. The molecule has 128 valence electrons. The van der Waals surface area contributed by atoms with Crippen molar-refractivity contribution in [3.05, 3.63) is 23.8 Å². The summed E-state index contributed by atoms with van der Waals surface area (Å²) in [5.41, 5.74) is 0.467. The molecule has 0 aromatic heterocycles. The Morgan fingerprint density at radius 2 is 1.78 bits per heavy atom. The van der Waals surface area contributed by atoms with E-state index in [4.69, 9.17) is 14.2 Å². The van der Waals surface area contributed by atoms with Crippen molar-refractivity contribution in [3.63, 3.8) is 0 Å². The molecule has 0 fully saturated rings. The van der Waals surface area contributed by atoms with Gasteiger partial charge in [0.15, 0.2) is 11.5 Å². The molecule has 0 radical (unpaired) electrons. The number of ether oxygens (including phenoxy) is 3. The summed E-state index contributed by atoms with van der Waals surface area (Å²) in [5.74, 6) is 0.764. The van der Waals surface area contributed by atoms with Crippen LogP contribution in [0, 0.1) is 0 Å². The molecular weight excluding hydrogens is 300 g/mol. The number of nitrogens with one attached hydrogen (secondary N) is 1. The second-order valence-electron chi connectivity index (χ2n) is 4.82. The molecule has 0 aliphatic carbocycles. The molecule has 1 aromatic rings. The lowest BCUT2D eigenvalue weighted by molar-refractivity contribution is -0.129. The van der Waals surface area contributed by atoms with Gasteiger partial charge in [-0.3, -0.25) is 9.59 Å². The van der Waals surface area contributed by atoms with Crippen LogP contribution in [-0.2, 0) is 9.53 Å². The quantitative estimate of drug-likeness (QED) is 0.731. The lowest BCUT2D eigenvalue weighted by Crippen LogP contribution is -2.39. The molecule has 1 N–H and O–H groups in total. The van der Waals surface area contributed by atoms with E-state index in [1.54, 1.807) is 30.2 Å². The zero-order valence-corrected chi connectivity index (χ0v) is 14.0. The molecule has 0 heterocycles. The zero-order chi connectivity index (χ0) is 17.2. The summed E-state index contributed by atoms with van der Waals surface area (Å²) in [7, 11) is 4.63. The van der Waals surface area contributed by atoms with E-state index in [9.17, 15) is 9.59 Å². The molecule has 1 rings (SSSR count). The maximum absolute atomic E-state index is 12.1. The Morgan fingerprint density at radius 1 is 1.09 bits per heavy atom. The monoisotopic (exact) mass is 324 g/mol. The van der Waals surface area contributed by atoms with Crippen molar-refractivity contribution in [2.75, 3.05) is 47.6 Å². The minimum Gasteiger partial charge on any atom is -0.493 e. The SMILES string of the molecule is COCCN(CCNC(=O)c1ccc(OC)c(OC)c1)C(C)=O. The van der Waals surface area contributed by atoms with Gasteiger partial charge in [-0.05, 0) is 18.2 Å². The van der Waals surface area contributed by atoms with Crippen LogP contribution in [0.2, 0.25) is 0 Å². The number of hydrogen-bond acceptors (Lipinski definition) is 5. The Bertz CT molecular complexity index is 533. The van der Waals surface area contributed by atoms with E-state index in [-0.39, 0.29) is 11.8 Å². The van der Waals surface area contributed by atoms with Crippen LogP contribution in [0.5, 0.6) is 11.5 Å². The zero-order valence-electron chi connectivity index (χ0n) is 14.0. The first-order valence-corrected chi connectivity index (χ1v) is 7.28. The van der Waals surface area contributed by atoms with E-state index < -0.39 is 0 Å². The van der Waals surface area contributed by atoms with Crippen LogP contribution in [-0.4, -0.2) is 64.3 Å². The molecular formula is C16H24N2O5. The second kappa shape index (κ2) is 9.68. The summed E-state index contributed by atoms with van der Waals surface area (Å²) in [6, 6.07) is 4.94. The largest absolute Gasteiger partial charge is 0.493 e. The molecule has 0 aliphatic heterocycles. The average Bonchev–Trinajstić information content (AvgIpc) is 2.56. The summed E-state index contributed by atoms with van der Waals surface area (Å²) < 4.78 is 15.3. The van der Waals surface area contributed by atoms with Gasteiger partial charge in [-0.1, -0.05) is 0 Å². The summed E-state index contributed by atoms with van der Waals surface area (Å²) in [4.78, 5) is 25.2. The van der Waals surface area contributed by atoms with Crippen molar-refractivity contribution >= 4 is 11.8 Å². The molecule has 2 amide bonds. The number of nitrogens with zero attached hydrogens (tertiary/aromatic N) is 1. The van der Waals surface area contributed by atoms with Crippen LogP contribution in [0.1, 0.15) is 17.3 Å². The molecule has 7 nitrogen and oxygen atoms in total. The van der Waals surface area contributed by atoms with Crippen molar-refractivity contribution < 1.29 is 23.8 Å². The van der Waals surface area contributed by atoms with E-state index in [0.717, 1.165) is 0 Å². The Labute approximate surface area is 136 Å². The van der Waals surface area contributed by atoms with Gasteiger partial charge in [0.1, 0.15) is 0 Å². The van der Waals surface area contributed by atoms with Gasteiger partial charge in [0.05, 0.1) is 20.8 Å². The first-order chi connectivity index (χ1) is 11.0. The van der Waals surface area contributed by atoms with Crippen LogP contribution in [0.15, 0.2) is 18.2 Å². The number of benzene rings is 1. The highest BCUT2D eigenvalue weighted by molar-refractivity contribution is 5.94. The molecule has 0 bridgehead atoms. The van der Waals surface area contributed by atoms with E-state index >= 15 is 0 Å². The summed E-state index contributed by atoms with van der Waals surface area (Å²) in [6.07, 6.45) is 0. The molecule has 23 heavy (non-hydrogen) atoms. The molecule has 0 spiro atoms. The van der Waals surface area contributed by atoms with Crippen LogP contribution in [0.4, 0.5) is 0 Å². The fraction of sp³-hybridized carbons (Fsp3) is 0.500. The van der Waals surface area contributed by atoms with Gasteiger partial charge < -0.3 is 24.4 Å². The number of carbonyl (C=O) groups is 2. The van der Waals surface area contributed by atoms with E-state index in [0.29, 0.717) is 43.3 Å². The van der Waals surface area contributed by atoms with Gasteiger partial charge in [-0.25, -0.2) is 0 Å². The normalized spacial score (nSPS) is 10.1. The lowest BCUT2D eigenvalue weighted by Gasteiger charge is -2.20. The standard InChI is InChI=1S/C16H24N2O5/c1-12(19)18(9-10-21-2)8-7-17-16(20)13-5-6-14(22-3)15(11-13)23-4/h5-6,11H,7-10H2,1-4H3,(H,17,20). The fourth-order valence-electron chi connectivity index (χ4n) is 2.01. The minimum absolute atomic E-state index is 0.0533. The highest BCUT2D eigenvalue weighted by Gasteiger charge is 2.12. The first kappa shape index (κ1) is 18.8. The van der Waals surface area contributed by atoms with Crippen molar-refractivity contribution in [3.8, 4) is 11.5 Å². The smallest absolute Gasteiger partial charge is 0.251 e. The van der Waals surface area contributed by atoms with E-state index in [1.807, 2.05) is 0 Å². The van der Waals surface area contributed by atoms with Gasteiger partial charge in [-0.2, -0.15) is 0 Å². The molecule has 0 saturated carbocycles. The molecule has 0 saturated heterocycles. The highest BCUT2D eigenvalue weighted by atomic mass is 16.5. The fourth-order valence-corrected chi connectivity index (χ4v) is 2.01. The van der Waals surface area contributed by atoms with Crippen molar-refractivity contribution in [1.29, 1.82) is 0 Å². The number of carbonyl (C=O) groups excluding carboxylic acids is 2. The number of methoxy groups -OCH3 is 3. The third-order valence-electron chi connectivity index (χ3n) is 3.32. The minimum atomic E-state index is -0.235. The highest BCUT2D eigenvalue weighted by Crippen LogP contribution is 2.27. The van der Waals surface area contributed by atoms with Gasteiger partial charge in [0, 0.05) is 39.2 Å². The molecule has 0 unspecified atom stereocenters. The first-order valence-electron chi connectivity index (χ1n) is 7.28. The number of hydrogen-bond donors (Lipinski definition) is 1. The third-order valence-corrected chi connectivity index (χ3v) is 3.32. The van der Waals surface area contributed by atoms with Crippen LogP contribution in [0.25, 0.3) is 0 Å². The number of rotatable bonds is 9. The van der Waals surface area contributed by atoms with Crippen molar-refractivity contribution in [1.82, 2.24) is 10.2 Å². The Hall–Kier alpha value is -2.28. The number of amides is 2. The third kappa shape index (κ3) is 5.78. The molecule has 1 aromatic carbocycles. The van der Waals surface area contributed by atoms with Gasteiger partial charge in [0.25, 0.3) is 5.91 Å². The van der Waals surface area contributed by atoms with Gasteiger partial charge in [-0.15, -0.1) is 0 Å². The van der Waals surface area contributed by atoms with Gasteiger partial charge in [0.2, 0.25) is 5.91 Å². The van der Waals surface area contributed by atoms with Gasteiger partial charge >= 0.3 is 0 Å². The van der Waals surface area contributed by atoms with E-state index in [2.05, 4.69) is 5.32 Å². The second-order valence-corrected chi connectivity index (χ2v) is 4.82. The van der Waals surface area contributed by atoms with Crippen LogP contribution in [0.3, 0.4) is 0 Å². The summed E-state index contributed by atoms with van der Waals surface area (Å²) in [5, 5.41) is 2.78. The molecule has 7 heteroatoms. The maximum Gasteiger partial charge on any atom is 0.251 e. The Kier molecular flexibility index (Phi) is 7.90. The van der Waals surface area contributed by atoms with E-state index in [1.165, 1.54) is 21.1 Å².